The second-order valence-electron chi connectivity index (χ2n) is 7.11. The molecule has 0 N–H and O–H groups in total. The number of aryl methyl sites for hydroxylation is 2. The summed E-state index contributed by atoms with van der Waals surface area (Å²) in [4.78, 5) is 31.7. The number of hydrogen-bond donors (Lipinski definition) is 0. The van der Waals surface area contributed by atoms with E-state index in [1.54, 1.807) is 28.0 Å². The molecule has 2 aromatic heterocycles. The van der Waals surface area contributed by atoms with Crippen molar-refractivity contribution in [1.82, 2.24) is 9.55 Å². The van der Waals surface area contributed by atoms with Crippen molar-refractivity contribution < 1.29 is 14.3 Å². The van der Waals surface area contributed by atoms with Gasteiger partial charge in [0.15, 0.2) is 10.9 Å². The Morgan fingerprint density at radius 3 is 2.74 bits per heavy atom. The Morgan fingerprint density at radius 1 is 1.23 bits per heavy atom. The van der Waals surface area contributed by atoms with Crippen molar-refractivity contribution >= 4 is 39.1 Å². The maximum atomic E-state index is 13.2. The van der Waals surface area contributed by atoms with E-state index in [0.29, 0.717) is 48.6 Å². The van der Waals surface area contributed by atoms with E-state index in [0.717, 1.165) is 27.1 Å². The fourth-order valence-electron chi connectivity index (χ4n) is 3.25. The van der Waals surface area contributed by atoms with Gasteiger partial charge in [-0.1, -0.05) is 23.9 Å². The van der Waals surface area contributed by atoms with E-state index in [9.17, 15) is 9.59 Å². The Morgan fingerprint density at radius 2 is 2.00 bits per heavy atom. The van der Waals surface area contributed by atoms with Crippen LogP contribution < -0.4 is 10.3 Å². The van der Waals surface area contributed by atoms with E-state index in [2.05, 4.69) is 0 Å². The van der Waals surface area contributed by atoms with Crippen LogP contribution in [0.4, 0.5) is 0 Å². The Bertz CT molecular complexity index is 1120. The van der Waals surface area contributed by atoms with Crippen molar-refractivity contribution in [3.05, 3.63) is 50.6 Å². The van der Waals surface area contributed by atoms with E-state index in [-0.39, 0.29) is 11.3 Å². The SMILES string of the molecule is CCOCCCn1c(SCCOc2ccccc2C(C)=O)nc2sc(C)c(C)c2c1=O. The number of benzene rings is 1. The van der Waals surface area contributed by atoms with Crippen molar-refractivity contribution in [2.45, 2.75) is 45.8 Å². The Hall–Kier alpha value is -2.16. The van der Waals surface area contributed by atoms with Crippen LogP contribution in [0.2, 0.25) is 0 Å². The monoisotopic (exact) mass is 460 g/mol. The van der Waals surface area contributed by atoms with E-state index >= 15 is 0 Å². The number of nitrogens with zero attached hydrogens (tertiary/aromatic N) is 2. The standard InChI is InChI=1S/C23H28N2O4S2/c1-5-28-12-8-11-25-22(27)20-15(2)17(4)31-21(20)24-23(25)30-14-13-29-19-10-7-6-9-18(19)16(3)26/h6-7,9-10H,5,8,11-14H2,1-4H3. The molecule has 0 saturated carbocycles. The number of rotatable bonds is 11. The van der Waals surface area contributed by atoms with Gasteiger partial charge in [0.25, 0.3) is 5.56 Å². The minimum Gasteiger partial charge on any atom is -0.492 e. The van der Waals surface area contributed by atoms with Crippen molar-refractivity contribution in [1.29, 1.82) is 0 Å². The lowest BCUT2D eigenvalue weighted by Gasteiger charge is -2.13. The maximum absolute atomic E-state index is 13.2. The molecule has 0 atom stereocenters. The van der Waals surface area contributed by atoms with Crippen LogP contribution >= 0.6 is 23.1 Å². The molecule has 0 amide bonds. The van der Waals surface area contributed by atoms with E-state index in [1.807, 2.05) is 32.9 Å². The predicted molar refractivity (Wildman–Crippen MR) is 127 cm³/mol. The maximum Gasteiger partial charge on any atom is 0.263 e. The molecule has 3 aromatic rings. The Kier molecular flexibility index (Phi) is 8.28. The zero-order valence-corrected chi connectivity index (χ0v) is 20.0. The molecule has 3 rings (SSSR count). The summed E-state index contributed by atoms with van der Waals surface area (Å²) in [6, 6.07) is 7.23. The van der Waals surface area contributed by atoms with Gasteiger partial charge in [-0.05, 0) is 51.8 Å². The quantitative estimate of drug-likeness (QED) is 0.176. The first-order valence-corrected chi connectivity index (χ1v) is 12.2. The minimum absolute atomic E-state index is 0.00805. The molecule has 1 aromatic carbocycles. The van der Waals surface area contributed by atoms with E-state index in [4.69, 9.17) is 14.5 Å². The molecule has 0 unspecified atom stereocenters. The third kappa shape index (κ3) is 5.56. The zero-order chi connectivity index (χ0) is 22.4. The van der Waals surface area contributed by atoms with Crippen LogP contribution in [-0.4, -0.2) is 40.9 Å². The van der Waals surface area contributed by atoms with Gasteiger partial charge in [-0.2, -0.15) is 0 Å². The van der Waals surface area contributed by atoms with Crippen molar-refractivity contribution in [3.63, 3.8) is 0 Å². The average molecular weight is 461 g/mol. The second kappa shape index (κ2) is 10.9. The van der Waals surface area contributed by atoms with Crippen LogP contribution in [0.15, 0.2) is 34.2 Å². The lowest BCUT2D eigenvalue weighted by molar-refractivity contribution is 0.101. The third-order valence-electron chi connectivity index (χ3n) is 4.97. The summed E-state index contributed by atoms with van der Waals surface area (Å²) in [7, 11) is 0. The first-order chi connectivity index (χ1) is 14.9. The summed E-state index contributed by atoms with van der Waals surface area (Å²) in [6.45, 7) is 9.73. The molecule has 6 nitrogen and oxygen atoms in total. The largest absolute Gasteiger partial charge is 0.492 e. The van der Waals surface area contributed by atoms with Gasteiger partial charge in [0, 0.05) is 30.4 Å². The molecule has 0 aliphatic heterocycles. The van der Waals surface area contributed by atoms with Gasteiger partial charge in [0.1, 0.15) is 10.6 Å². The summed E-state index contributed by atoms with van der Waals surface area (Å²) in [5, 5.41) is 1.41. The van der Waals surface area contributed by atoms with Crippen LogP contribution in [0.3, 0.4) is 0 Å². The number of ether oxygens (including phenoxy) is 2. The fraction of sp³-hybridized carbons (Fsp3) is 0.435. The van der Waals surface area contributed by atoms with Gasteiger partial charge in [-0.15, -0.1) is 11.3 Å². The van der Waals surface area contributed by atoms with Crippen molar-refractivity contribution in [2.75, 3.05) is 25.6 Å². The van der Waals surface area contributed by atoms with Gasteiger partial charge in [-0.25, -0.2) is 4.98 Å². The van der Waals surface area contributed by atoms with Crippen LogP contribution in [0.1, 0.15) is 41.1 Å². The second-order valence-corrected chi connectivity index (χ2v) is 9.38. The predicted octanol–water partition coefficient (Wildman–Crippen LogP) is 4.88. The summed E-state index contributed by atoms with van der Waals surface area (Å²) >= 11 is 3.05. The molecular weight excluding hydrogens is 432 g/mol. The third-order valence-corrected chi connectivity index (χ3v) is 7.01. The number of ketones is 1. The first kappa shape index (κ1) is 23.5. The first-order valence-electron chi connectivity index (χ1n) is 10.4. The minimum atomic E-state index is -0.0260. The Labute approximate surface area is 190 Å². The van der Waals surface area contributed by atoms with E-state index < -0.39 is 0 Å². The van der Waals surface area contributed by atoms with E-state index in [1.165, 1.54) is 18.7 Å². The van der Waals surface area contributed by atoms with Crippen LogP contribution in [0, 0.1) is 13.8 Å². The smallest absolute Gasteiger partial charge is 0.263 e. The number of thiophene rings is 1. The molecule has 2 heterocycles. The van der Waals surface area contributed by atoms with Crippen LogP contribution in [-0.2, 0) is 11.3 Å². The topological polar surface area (TPSA) is 70.4 Å². The average Bonchev–Trinajstić information content (AvgIpc) is 3.04. The molecular formula is C23H28N2O4S2. The van der Waals surface area contributed by atoms with Gasteiger partial charge in [0.05, 0.1) is 17.6 Å². The van der Waals surface area contributed by atoms with Gasteiger partial charge in [-0.3, -0.25) is 14.2 Å². The highest BCUT2D eigenvalue weighted by atomic mass is 32.2. The number of Topliss-reactive ketones (excluding diaryl/α,β-unsaturated/α-hetero) is 1. The molecule has 0 aliphatic carbocycles. The molecule has 31 heavy (non-hydrogen) atoms. The molecule has 0 spiro atoms. The number of carbonyl (C=O) groups excluding carboxylic acids is 1. The molecule has 8 heteroatoms. The summed E-state index contributed by atoms with van der Waals surface area (Å²) in [5.74, 6) is 1.17. The van der Waals surface area contributed by atoms with Gasteiger partial charge < -0.3 is 9.47 Å². The molecule has 0 fully saturated rings. The fourth-order valence-corrected chi connectivity index (χ4v) is 5.17. The number of carbonyl (C=O) groups is 1. The lowest BCUT2D eigenvalue weighted by Crippen LogP contribution is -2.24. The normalized spacial score (nSPS) is 11.2. The summed E-state index contributed by atoms with van der Waals surface area (Å²) < 4.78 is 13.0. The number of aromatic nitrogens is 2. The lowest BCUT2D eigenvalue weighted by atomic mass is 10.1. The van der Waals surface area contributed by atoms with Gasteiger partial charge >= 0.3 is 0 Å². The highest BCUT2D eigenvalue weighted by Crippen LogP contribution is 2.28. The van der Waals surface area contributed by atoms with Crippen LogP contribution in [0.5, 0.6) is 5.75 Å². The molecule has 0 saturated heterocycles. The summed E-state index contributed by atoms with van der Waals surface area (Å²) in [6.07, 6.45) is 0.749. The van der Waals surface area contributed by atoms with Crippen molar-refractivity contribution in [2.24, 2.45) is 0 Å². The molecule has 0 aliphatic rings. The highest BCUT2D eigenvalue weighted by molar-refractivity contribution is 7.99. The molecule has 166 valence electrons. The van der Waals surface area contributed by atoms with Crippen LogP contribution in [0.25, 0.3) is 10.2 Å². The molecule has 0 bridgehead atoms. The number of hydrogen-bond acceptors (Lipinski definition) is 7. The zero-order valence-electron chi connectivity index (χ0n) is 18.4. The van der Waals surface area contributed by atoms with Gasteiger partial charge in [0.2, 0.25) is 0 Å². The number of thioether (sulfide) groups is 1. The summed E-state index contributed by atoms with van der Waals surface area (Å²) in [5.41, 5.74) is 1.59. The number of para-hydroxylation sites is 1. The number of fused-ring (bicyclic) bond motifs is 1. The molecule has 0 radical (unpaired) electrons. The highest BCUT2D eigenvalue weighted by Gasteiger charge is 2.17. The van der Waals surface area contributed by atoms with Crippen molar-refractivity contribution in [3.8, 4) is 5.75 Å². The Balaban J connectivity index is 1.77.